The molecule has 4 nitrogen and oxygen atoms in total. The van der Waals surface area contributed by atoms with E-state index in [9.17, 15) is 9.59 Å². The Morgan fingerprint density at radius 3 is 2.55 bits per heavy atom. The normalized spacial score (nSPS) is 18.9. The smallest absolute Gasteiger partial charge is 0.325 e. The zero-order chi connectivity index (χ0) is 14.9. The van der Waals surface area contributed by atoms with Gasteiger partial charge in [0, 0.05) is 0 Å². The van der Waals surface area contributed by atoms with Crippen LogP contribution in [-0.2, 0) is 11.3 Å². The van der Waals surface area contributed by atoms with Gasteiger partial charge in [0.15, 0.2) is 0 Å². The zero-order valence-electron chi connectivity index (χ0n) is 11.3. The molecule has 1 atom stereocenters. The van der Waals surface area contributed by atoms with Crippen molar-refractivity contribution in [2.75, 3.05) is 0 Å². The standard InChI is InChI=1S/C14H16Cl2N2O2/c1-8(2)5-12-13(19)18(14(20)17-12)7-9-3-4-10(15)11(16)6-9/h3-4,6,8,12H,5,7H2,1-2H3,(H,17,20). The Bertz CT molecular complexity index is 546. The number of halogens is 2. The molecule has 3 amide bonds. The van der Waals surface area contributed by atoms with Gasteiger partial charge in [0.05, 0.1) is 16.6 Å². The van der Waals surface area contributed by atoms with Crippen LogP contribution in [0.25, 0.3) is 0 Å². The minimum Gasteiger partial charge on any atom is -0.326 e. The molecule has 6 heteroatoms. The fourth-order valence-electron chi connectivity index (χ4n) is 2.18. The second kappa shape index (κ2) is 6.02. The molecule has 1 unspecified atom stereocenters. The van der Waals surface area contributed by atoms with Crippen LogP contribution < -0.4 is 5.32 Å². The minimum absolute atomic E-state index is 0.185. The second-order valence-electron chi connectivity index (χ2n) is 5.30. The highest BCUT2D eigenvalue weighted by molar-refractivity contribution is 6.42. The molecule has 1 heterocycles. The van der Waals surface area contributed by atoms with Gasteiger partial charge in [-0.25, -0.2) is 4.79 Å². The lowest BCUT2D eigenvalue weighted by Crippen LogP contribution is -2.31. The molecule has 108 valence electrons. The summed E-state index contributed by atoms with van der Waals surface area (Å²) in [4.78, 5) is 25.3. The predicted molar refractivity (Wildman–Crippen MR) is 78.8 cm³/mol. The van der Waals surface area contributed by atoms with Gasteiger partial charge in [-0.3, -0.25) is 9.69 Å². The zero-order valence-corrected chi connectivity index (χ0v) is 12.8. The Morgan fingerprint density at radius 1 is 1.25 bits per heavy atom. The van der Waals surface area contributed by atoms with Gasteiger partial charge in [0.25, 0.3) is 5.91 Å². The van der Waals surface area contributed by atoms with E-state index in [1.165, 1.54) is 4.90 Å². The van der Waals surface area contributed by atoms with Crippen molar-refractivity contribution in [3.63, 3.8) is 0 Å². The highest BCUT2D eigenvalue weighted by Gasteiger charge is 2.37. The fourth-order valence-corrected chi connectivity index (χ4v) is 2.50. The van der Waals surface area contributed by atoms with E-state index in [1.807, 2.05) is 13.8 Å². The van der Waals surface area contributed by atoms with Gasteiger partial charge in [0.1, 0.15) is 6.04 Å². The largest absolute Gasteiger partial charge is 0.326 e. The van der Waals surface area contributed by atoms with Gasteiger partial charge in [-0.05, 0) is 30.0 Å². The summed E-state index contributed by atoms with van der Waals surface area (Å²) in [5, 5.41) is 3.57. The Hall–Kier alpha value is -1.26. The summed E-state index contributed by atoms with van der Waals surface area (Å²) in [6, 6.07) is 4.30. The van der Waals surface area contributed by atoms with Crippen LogP contribution in [-0.4, -0.2) is 22.9 Å². The van der Waals surface area contributed by atoms with Crippen LogP contribution in [0, 0.1) is 5.92 Å². The van der Waals surface area contributed by atoms with Crippen LogP contribution in [0.5, 0.6) is 0 Å². The molecule has 1 aliphatic rings. The molecule has 1 aliphatic heterocycles. The van der Waals surface area contributed by atoms with Crippen LogP contribution in [0.1, 0.15) is 25.8 Å². The quantitative estimate of drug-likeness (QED) is 0.865. The number of benzene rings is 1. The SMILES string of the molecule is CC(C)CC1NC(=O)N(Cc2ccc(Cl)c(Cl)c2)C1=O. The highest BCUT2D eigenvalue weighted by atomic mass is 35.5. The van der Waals surface area contributed by atoms with Crippen LogP contribution >= 0.6 is 23.2 Å². The first-order valence-electron chi connectivity index (χ1n) is 6.44. The number of rotatable bonds is 4. The van der Waals surface area contributed by atoms with Crippen molar-refractivity contribution in [1.82, 2.24) is 10.2 Å². The molecule has 0 bridgehead atoms. The van der Waals surface area contributed by atoms with E-state index in [-0.39, 0.29) is 18.5 Å². The first-order chi connectivity index (χ1) is 9.38. The molecular formula is C14H16Cl2N2O2. The molecule has 0 spiro atoms. The molecular weight excluding hydrogens is 299 g/mol. The topological polar surface area (TPSA) is 49.4 Å². The number of carbonyl (C=O) groups excluding carboxylic acids is 2. The van der Waals surface area contributed by atoms with Crippen molar-refractivity contribution >= 4 is 35.1 Å². The first kappa shape index (κ1) is 15.1. The molecule has 1 aromatic carbocycles. The molecule has 1 saturated heterocycles. The summed E-state index contributed by atoms with van der Waals surface area (Å²) in [6.45, 7) is 4.23. The van der Waals surface area contributed by atoms with Gasteiger partial charge in [0.2, 0.25) is 0 Å². The number of hydrogen-bond donors (Lipinski definition) is 1. The highest BCUT2D eigenvalue weighted by Crippen LogP contribution is 2.24. The summed E-state index contributed by atoms with van der Waals surface area (Å²) in [7, 11) is 0. The lowest BCUT2D eigenvalue weighted by atomic mass is 10.0. The fraction of sp³-hybridized carbons (Fsp3) is 0.429. The van der Waals surface area contributed by atoms with Crippen molar-refractivity contribution in [2.45, 2.75) is 32.9 Å². The first-order valence-corrected chi connectivity index (χ1v) is 7.20. The molecule has 1 N–H and O–H groups in total. The van der Waals surface area contributed by atoms with Crippen molar-refractivity contribution < 1.29 is 9.59 Å². The van der Waals surface area contributed by atoms with Crippen molar-refractivity contribution in [3.05, 3.63) is 33.8 Å². The van der Waals surface area contributed by atoms with Gasteiger partial charge in [-0.1, -0.05) is 43.1 Å². The average Bonchev–Trinajstić information content (AvgIpc) is 2.61. The number of carbonyl (C=O) groups is 2. The number of hydrogen-bond acceptors (Lipinski definition) is 2. The molecule has 0 aliphatic carbocycles. The van der Waals surface area contributed by atoms with Crippen LogP contribution in [0.3, 0.4) is 0 Å². The summed E-state index contributed by atoms with van der Waals surface area (Å²) in [5.74, 6) is 0.156. The Morgan fingerprint density at radius 2 is 1.95 bits per heavy atom. The van der Waals surface area contributed by atoms with Crippen molar-refractivity contribution in [3.8, 4) is 0 Å². The Kier molecular flexibility index (Phi) is 4.55. The number of amides is 3. The van der Waals surface area contributed by atoms with E-state index in [2.05, 4.69) is 5.32 Å². The third-order valence-corrected chi connectivity index (χ3v) is 3.88. The van der Waals surface area contributed by atoms with E-state index >= 15 is 0 Å². The minimum atomic E-state index is -0.426. The van der Waals surface area contributed by atoms with Crippen LogP contribution in [0.15, 0.2) is 18.2 Å². The Balaban J connectivity index is 2.11. The summed E-state index contributed by atoms with van der Waals surface area (Å²) >= 11 is 11.8. The van der Waals surface area contributed by atoms with E-state index in [4.69, 9.17) is 23.2 Å². The number of nitrogens with one attached hydrogen (secondary N) is 1. The van der Waals surface area contributed by atoms with E-state index < -0.39 is 6.04 Å². The van der Waals surface area contributed by atoms with Gasteiger partial charge < -0.3 is 5.32 Å². The molecule has 1 aromatic rings. The summed E-state index contributed by atoms with van der Waals surface area (Å²) in [6.07, 6.45) is 0.641. The molecule has 0 saturated carbocycles. The molecule has 0 radical (unpaired) electrons. The summed E-state index contributed by atoms with van der Waals surface area (Å²) < 4.78 is 0. The van der Waals surface area contributed by atoms with E-state index in [0.717, 1.165) is 5.56 Å². The van der Waals surface area contributed by atoms with Crippen LogP contribution in [0.2, 0.25) is 10.0 Å². The van der Waals surface area contributed by atoms with Gasteiger partial charge in [-0.2, -0.15) is 0 Å². The maximum atomic E-state index is 12.2. The van der Waals surface area contributed by atoms with Crippen molar-refractivity contribution in [1.29, 1.82) is 0 Å². The van der Waals surface area contributed by atoms with Crippen LogP contribution in [0.4, 0.5) is 4.79 Å². The van der Waals surface area contributed by atoms with Gasteiger partial charge in [-0.15, -0.1) is 0 Å². The molecule has 20 heavy (non-hydrogen) atoms. The molecule has 2 rings (SSSR count). The van der Waals surface area contributed by atoms with Gasteiger partial charge >= 0.3 is 6.03 Å². The Labute approximate surface area is 128 Å². The lowest BCUT2D eigenvalue weighted by molar-refractivity contribution is -0.128. The summed E-state index contributed by atoms with van der Waals surface area (Å²) in [5.41, 5.74) is 0.771. The average molecular weight is 315 g/mol. The number of imide groups is 1. The molecule has 0 aromatic heterocycles. The lowest BCUT2D eigenvalue weighted by Gasteiger charge is -2.14. The number of nitrogens with zero attached hydrogens (tertiary/aromatic N) is 1. The molecule has 1 fully saturated rings. The monoisotopic (exact) mass is 314 g/mol. The third kappa shape index (κ3) is 3.25. The maximum Gasteiger partial charge on any atom is 0.325 e. The number of urea groups is 1. The predicted octanol–water partition coefficient (Wildman–Crippen LogP) is 3.46. The van der Waals surface area contributed by atoms with E-state index in [1.54, 1.807) is 18.2 Å². The van der Waals surface area contributed by atoms with E-state index in [0.29, 0.717) is 22.4 Å². The second-order valence-corrected chi connectivity index (χ2v) is 6.12. The third-order valence-electron chi connectivity index (χ3n) is 3.14. The van der Waals surface area contributed by atoms with Crippen molar-refractivity contribution in [2.24, 2.45) is 5.92 Å². The maximum absolute atomic E-state index is 12.2.